The van der Waals surface area contributed by atoms with Crippen molar-refractivity contribution in [1.29, 1.82) is 0 Å². The molecule has 0 aliphatic rings. The summed E-state index contributed by atoms with van der Waals surface area (Å²) in [6, 6.07) is 3.96. The third kappa shape index (κ3) is 3.21. The maximum absolute atomic E-state index is 5.59. The van der Waals surface area contributed by atoms with E-state index >= 15 is 0 Å². The van der Waals surface area contributed by atoms with Crippen molar-refractivity contribution in [2.45, 2.75) is 26.7 Å². The van der Waals surface area contributed by atoms with Gasteiger partial charge < -0.3 is 9.73 Å². The first kappa shape index (κ1) is 13.3. The lowest BCUT2D eigenvalue weighted by molar-refractivity contribution is 0.480. The zero-order chi connectivity index (χ0) is 13.0. The summed E-state index contributed by atoms with van der Waals surface area (Å²) in [5, 5.41) is 6.52. The molecule has 2 aromatic rings. The lowest BCUT2D eigenvalue weighted by Crippen LogP contribution is -2.19. The van der Waals surface area contributed by atoms with Crippen LogP contribution in [0.3, 0.4) is 0 Å². The number of aromatic nitrogens is 1. The molecule has 0 aliphatic heterocycles. The zero-order valence-corrected chi connectivity index (χ0v) is 12.0. The molecular formula is C14H20N2OS. The van der Waals surface area contributed by atoms with Gasteiger partial charge in [0.2, 0.25) is 0 Å². The lowest BCUT2D eigenvalue weighted by atomic mass is 10.0. The monoisotopic (exact) mass is 264 g/mol. The van der Waals surface area contributed by atoms with Gasteiger partial charge in [0.05, 0.1) is 5.01 Å². The van der Waals surface area contributed by atoms with Gasteiger partial charge in [-0.1, -0.05) is 13.3 Å². The van der Waals surface area contributed by atoms with Gasteiger partial charge in [-0.25, -0.2) is 4.98 Å². The second-order valence-electron chi connectivity index (χ2n) is 4.57. The SMILES string of the molecule is CCC(CNC)Cc1nc(-c2ccc(C)o2)cs1. The van der Waals surface area contributed by atoms with Crippen LogP contribution in [0, 0.1) is 12.8 Å². The van der Waals surface area contributed by atoms with E-state index in [1.165, 1.54) is 11.4 Å². The van der Waals surface area contributed by atoms with Crippen LogP contribution < -0.4 is 5.32 Å². The van der Waals surface area contributed by atoms with Crippen molar-refractivity contribution in [3.8, 4) is 11.5 Å². The van der Waals surface area contributed by atoms with E-state index in [-0.39, 0.29) is 0 Å². The summed E-state index contributed by atoms with van der Waals surface area (Å²) in [7, 11) is 2.00. The summed E-state index contributed by atoms with van der Waals surface area (Å²) in [6.45, 7) is 5.23. The van der Waals surface area contributed by atoms with Crippen LogP contribution in [0.2, 0.25) is 0 Å². The van der Waals surface area contributed by atoms with Crippen molar-refractivity contribution in [3.63, 3.8) is 0 Å². The molecule has 0 aromatic carbocycles. The predicted octanol–water partition coefficient (Wildman–Crippen LogP) is 3.50. The fourth-order valence-electron chi connectivity index (χ4n) is 1.99. The minimum atomic E-state index is 0.660. The van der Waals surface area contributed by atoms with Gasteiger partial charge in [-0.05, 0) is 38.6 Å². The summed E-state index contributed by atoms with van der Waals surface area (Å²) in [6.07, 6.45) is 2.22. The van der Waals surface area contributed by atoms with Crippen LogP contribution >= 0.6 is 11.3 Å². The van der Waals surface area contributed by atoms with Gasteiger partial charge in [-0.15, -0.1) is 11.3 Å². The van der Waals surface area contributed by atoms with Crippen LogP contribution in [0.4, 0.5) is 0 Å². The summed E-state index contributed by atoms with van der Waals surface area (Å²) in [5.74, 6) is 2.46. The Morgan fingerprint density at radius 2 is 2.28 bits per heavy atom. The van der Waals surface area contributed by atoms with Crippen molar-refractivity contribution in [3.05, 3.63) is 28.3 Å². The number of rotatable bonds is 6. The van der Waals surface area contributed by atoms with Crippen LogP contribution in [0.5, 0.6) is 0 Å². The molecule has 0 bridgehead atoms. The third-order valence-corrected chi connectivity index (χ3v) is 3.95. The summed E-state index contributed by atoms with van der Waals surface area (Å²) >= 11 is 1.72. The first-order valence-corrected chi connectivity index (χ1v) is 7.26. The van der Waals surface area contributed by atoms with Crippen LogP contribution in [0.15, 0.2) is 21.9 Å². The molecule has 18 heavy (non-hydrogen) atoms. The van der Waals surface area contributed by atoms with Crippen LogP contribution in [-0.4, -0.2) is 18.6 Å². The molecule has 2 aromatic heterocycles. The van der Waals surface area contributed by atoms with E-state index < -0.39 is 0 Å². The molecule has 3 nitrogen and oxygen atoms in total. The third-order valence-electron chi connectivity index (χ3n) is 3.08. The molecule has 1 N–H and O–H groups in total. The van der Waals surface area contributed by atoms with E-state index in [2.05, 4.69) is 22.6 Å². The van der Waals surface area contributed by atoms with Crippen LogP contribution in [0.1, 0.15) is 24.1 Å². The standard InChI is InChI=1S/C14H20N2OS/c1-4-11(8-15-3)7-14-16-12(9-18-14)13-6-5-10(2)17-13/h5-6,9,11,15H,4,7-8H2,1-3H3. The van der Waals surface area contributed by atoms with Gasteiger partial charge in [0.1, 0.15) is 11.5 Å². The normalized spacial score (nSPS) is 12.8. The Labute approximate surface area is 112 Å². The Morgan fingerprint density at radius 1 is 1.44 bits per heavy atom. The molecule has 0 fully saturated rings. The number of aryl methyl sites for hydroxylation is 1. The van der Waals surface area contributed by atoms with Crippen molar-refractivity contribution in [2.75, 3.05) is 13.6 Å². The van der Waals surface area contributed by atoms with E-state index in [0.717, 1.165) is 30.2 Å². The van der Waals surface area contributed by atoms with E-state index in [0.29, 0.717) is 5.92 Å². The van der Waals surface area contributed by atoms with Crippen molar-refractivity contribution in [2.24, 2.45) is 5.92 Å². The maximum atomic E-state index is 5.59. The Hall–Kier alpha value is -1.13. The number of nitrogens with zero attached hydrogens (tertiary/aromatic N) is 1. The summed E-state index contributed by atoms with van der Waals surface area (Å²) in [5.41, 5.74) is 0.961. The van der Waals surface area contributed by atoms with Gasteiger partial charge in [0.15, 0.2) is 5.76 Å². The Bertz CT molecular complexity index is 489. The Morgan fingerprint density at radius 3 is 2.89 bits per heavy atom. The quantitative estimate of drug-likeness (QED) is 0.867. The Balaban J connectivity index is 2.06. The second kappa shape index (κ2) is 6.16. The van der Waals surface area contributed by atoms with Crippen molar-refractivity contribution >= 4 is 11.3 Å². The molecule has 1 unspecified atom stereocenters. The zero-order valence-electron chi connectivity index (χ0n) is 11.2. The molecule has 0 spiro atoms. The number of thiazole rings is 1. The molecule has 98 valence electrons. The average Bonchev–Trinajstić information content (AvgIpc) is 2.97. The highest BCUT2D eigenvalue weighted by molar-refractivity contribution is 7.09. The molecule has 0 amide bonds. The Kier molecular flexibility index (Phi) is 4.55. The molecule has 1 atom stereocenters. The first-order chi connectivity index (χ1) is 8.72. The van der Waals surface area contributed by atoms with Crippen LogP contribution in [-0.2, 0) is 6.42 Å². The largest absolute Gasteiger partial charge is 0.460 e. The lowest BCUT2D eigenvalue weighted by Gasteiger charge is -2.11. The first-order valence-electron chi connectivity index (χ1n) is 6.38. The number of furan rings is 1. The number of hydrogen-bond acceptors (Lipinski definition) is 4. The van der Waals surface area contributed by atoms with E-state index in [9.17, 15) is 0 Å². The van der Waals surface area contributed by atoms with E-state index in [1.807, 2.05) is 26.1 Å². The van der Waals surface area contributed by atoms with E-state index in [4.69, 9.17) is 4.42 Å². The molecule has 2 rings (SSSR count). The smallest absolute Gasteiger partial charge is 0.153 e. The highest BCUT2D eigenvalue weighted by atomic mass is 32.1. The second-order valence-corrected chi connectivity index (χ2v) is 5.52. The van der Waals surface area contributed by atoms with Gasteiger partial charge in [0.25, 0.3) is 0 Å². The van der Waals surface area contributed by atoms with Gasteiger partial charge in [0, 0.05) is 11.8 Å². The minimum Gasteiger partial charge on any atom is -0.460 e. The molecule has 0 saturated carbocycles. The molecule has 0 saturated heterocycles. The highest BCUT2D eigenvalue weighted by Gasteiger charge is 2.12. The van der Waals surface area contributed by atoms with Gasteiger partial charge in [-0.3, -0.25) is 0 Å². The topological polar surface area (TPSA) is 38.1 Å². The van der Waals surface area contributed by atoms with Gasteiger partial charge >= 0.3 is 0 Å². The predicted molar refractivity (Wildman–Crippen MR) is 76.0 cm³/mol. The highest BCUT2D eigenvalue weighted by Crippen LogP contribution is 2.25. The van der Waals surface area contributed by atoms with Gasteiger partial charge in [-0.2, -0.15) is 0 Å². The van der Waals surface area contributed by atoms with Crippen molar-refractivity contribution in [1.82, 2.24) is 10.3 Å². The molecule has 0 aliphatic carbocycles. The molecular weight excluding hydrogens is 244 g/mol. The average molecular weight is 264 g/mol. The number of hydrogen-bond donors (Lipinski definition) is 1. The summed E-state index contributed by atoms with van der Waals surface area (Å²) in [4.78, 5) is 4.66. The fraction of sp³-hybridized carbons (Fsp3) is 0.500. The van der Waals surface area contributed by atoms with Crippen molar-refractivity contribution < 1.29 is 4.42 Å². The van der Waals surface area contributed by atoms with Crippen LogP contribution in [0.25, 0.3) is 11.5 Å². The molecule has 2 heterocycles. The summed E-state index contributed by atoms with van der Waals surface area (Å²) < 4.78 is 5.59. The fourth-order valence-corrected chi connectivity index (χ4v) is 2.89. The maximum Gasteiger partial charge on any atom is 0.153 e. The molecule has 0 radical (unpaired) electrons. The minimum absolute atomic E-state index is 0.660. The molecule has 4 heteroatoms. The number of nitrogens with one attached hydrogen (secondary N) is 1. The van der Waals surface area contributed by atoms with E-state index in [1.54, 1.807) is 11.3 Å².